The molecule has 0 saturated heterocycles. The second kappa shape index (κ2) is 3.60. The summed E-state index contributed by atoms with van der Waals surface area (Å²) >= 11 is 1.36. The third kappa shape index (κ3) is 1.39. The molecule has 0 aliphatic carbocycles. The Morgan fingerprint density at radius 1 is 1.57 bits per heavy atom. The lowest BCUT2D eigenvalue weighted by molar-refractivity contribution is 0.267. The molecule has 0 aliphatic rings. The van der Waals surface area contributed by atoms with Crippen molar-refractivity contribution in [2.45, 2.75) is 19.4 Å². The highest BCUT2D eigenvalue weighted by molar-refractivity contribution is 7.16. The molecule has 0 spiro atoms. The highest BCUT2D eigenvalue weighted by Crippen LogP contribution is 2.18. The number of rotatable bonds is 3. The van der Waals surface area contributed by atoms with Gasteiger partial charge in [0.25, 0.3) is 0 Å². The van der Waals surface area contributed by atoms with Gasteiger partial charge in [0, 0.05) is 6.42 Å². The van der Waals surface area contributed by atoms with Gasteiger partial charge in [-0.15, -0.1) is 10.2 Å². The minimum atomic E-state index is -0.425. The van der Waals surface area contributed by atoms with Crippen molar-refractivity contribution in [1.29, 1.82) is 0 Å². The molecule has 0 amide bonds. The van der Waals surface area contributed by atoms with Gasteiger partial charge in [0.1, 0.15) is 5.01 Å². The van der Waals surface area contributed by atoms with Crippen molar-refractivity contribution in [1.82, 2.24) is 19.8 Å². The lowest BCUT2D eigenvalue weighted by atomic mass is 10.4. The maximum atomic E-state index is 8.87. The van der Waals surface area contributed by atoms with E-state index in [0.29, 0.717) is 5.01 Å². The molecule has 0 radical (unpaired) electrons. The van der Waals surface area contributed by atoms with Crippen LogP contribution < -0.4 is 5.73 Å². The average molecular weight is 213 g/mol. The molecule has 0 aromatic carbocycles. The SMILES string of the molecule is CCc1nnc2sc(C(N)CO)nn12. The number of aliphatic hydroxyl groups excluding tert-OH is 1. The Bertz CT molecular complexity index is 436. The molecular formula is C7H11N5OS. The molecule has 0 fully saturated rings. The Morgan fingerprint density at radius 3 is 3.00 bits per heavy atom. The van der Waals surface area contributed by atoms with E-state index < -0.39 is 6.04 Å². The van der Waals surface area contributed by atoms with Crippen LogP contribution in [0.4, 0.5) is 0 Å². The second-order valence-electron chi connectivity index (χ2n) is 2.89. The molecule has 0 aliphatic heterocycles. The van der Waals surface area contributed by atoms with Gasteiger partial charge in [-0.25, -0.2) is 0 Å². The maximum absolute atomic E-state index is 8.87. The van der Waals surface area contributed by atoms with Crippen LogP contribution in [0.3, 0.4) is 0 Å². The Balaban J connectivity index is 2.46. The number of nitrogens with two attached hydrogens (primary N) is 1. The van der Waals surface area contributed by atoms with E-state index >= 15 is 0 Å². The van der Waals surface area contributed by atoms with Crippen molar-refractivity contribution < 1.29 is 5.11 Å². The zero-order valence-corrected chi connectivity index (χ0v) is 8.53. The van der Waals surface area contributed by atoms with Gasteiger partial charge in [-0.2, -0.15) is 9.61 Å². The van der Waals surface area contributed by atoms with Crippen molar-refractivity contribution in [2.75, 3.05) is 6.61 Å². The third-order valence-corrected chi connectivity index (χ3v) is 2.93. The predicted octanol–water partition coefficient (Wildman–Crippen LogP) is -0.260. The predicted molar refractivity (Wildman–Crippen MR) is 52.1 cm³/mol. The molecule has 2 aromatic rings. The van der Waals surface area contributed by atoms with Crippen LogP contribution in [-0.4, -0.2) is 31.5 Å². The fraction of sp³-hybridized carbons (Fsp3) is 0.571. The first kappa shape index (κ1) is 9.50. The van der Waals surface area contributed by atoms with Crippen LogP contribution in [0.15, 0.2) is 0 Å². The molecule has 14 heavy (non-hydrogen) atoms. The minimum Gasteiger partial charge on any atom is -0.394 e. The van der Waals surface area contributed by atoms with Crippen LogP contribution in [-0.2, 0) is 6.42 Å². The van der Waals surface area contributed by atoms with E-state index in [9.17, 15) is 0 Å². The Kier molecular flexibility index (Phi) is 2.44. The van der Waals surface area contributed by atoms with Gasteiger partial charge in [-0.3, -0.25) is 0 Å². The van der Waals surface area contributed by atoms with Crippen LogP contribution in [0.2, 0.25) is 0 Å². The summed E-state index contributed by atoms with van der Waals surface area (Å²) in [5.41, 5.74) is 5.65. The average Bonchev–Trinajstić information content (AvgIpc) is 2.74. The van der Waals surface area contributed by atoms with Crippen LogP contribution in [0.1, 0.15) is 23.8 Å². The standard InChI is InChI=1S/C7H11N5OS/c1-2-5-9-10-7-12(5)11-6(14-7)4(8)3-13/h4,13H,2-3,8H2,1H3. The molecule has 3 N–H and O–H groups in total. The molecule has 6 nitrogen and oxygen atoms in total. The molecule has 76 valence electrons. The van der Waals surface area contributed by atoms with Gasteiger partial charge in [-0.05, 0) is 0 Å². The molecule has 1 atom stereocenters. The molecule has 2 rings (SSSR count). The van der Waals surface area contributed by atoms with Crippen molar-refractivity contribution in [2.24, 2.45) is 5.73 Å². The second-order valence-corrected chi connectivity index (χ2v) is 3.88. The Morgan fingerprint density at radius 2 is 2.36 bits per heavy atom. The van der Waals surface area contributed by atoms with E-state index in [-0.39, 0.29) is 6.61 Å². The minimum absolute atomic E-state index is 0.106. The summed E-state index contributed by atoms with van der Waals surface area (Å²) in [5, 5.41) is 21.7. The molecule has 1 unspecified atom stereocenters. The van der Waals surface area contributed by atoms with Gasteiger partial charge in [-0.1, -0.05) is 18.3 Å². The molecule has 2 heterocycles. The number of aliphatic hydroxyl groups is 1. The summed E-state index contributed by atoms with van der Waals surface area (Å²) in [5.74, 6) is 0.813. The molecular weight excluding hydrogens is 202 g/mol. The fourth-order valence-electron chi connectivity index (χ4n) is 1.12. The van der Waals surface area contributed by atoms with Gasteiger partial charge < -0.3 is 10.8 Å². The summed E-state index contributed by atoms with van der Waals surface area (Å²) in [6, 6.07) is -0.425. The van der Waals surface area contributed by atoms with E-state index in [1.807, 2.05) is 6.92 Å². The normalized spacial score (nSPS) is 13.6. The smallest absolute Gasteiger partial charge is 0.234 e. The number of hydrogen-bond acceptors (Lipinski definition) is 6. The molecule has 0 saturated carbocycles. The highest BCUT2D eigenvalue weighted by atomic mass is 32.1. The zero-order valence-electron chi connectivity index (χ0n) is 7.71. The summed E-state index contributed by atoms with van der Waals surface area (Å²) in [6.07, 6.45) is 0.776. The highest BCUT2D eigenvalue weighted by Gasteiger charge is 2.14. The molecule has 7 heteroatoms. The van der Waals surface area contributed by atoms with Crippen LogP contribution in [0, 0.1) is 0 Å². The third-order valence-electron chi connectivity index (χ3n) is 1.90. The van der Waals surface area contributed by atoms with Crippen molar-refractivity contribution in [3.8, 4) is 0 Å². The van der Waals surface area contributed by atoms with E-state index in [0.717, 1.165) is 17.2 Å². The summed E-state index contributed by atoms with van der Waals surface area (Å²) in [6.45, 7) is 1.88. The first-order valence-corrected chi connectivity index (χ1v) is 5.15. The topological polar surface area (TPSA) is 89.3 Å². The maximum Gasteiger partial charge on any atom is 0.234 e. The summed E-state index contributed by atoms with van der Waals surface area (Å²) in [4.78, 5) is 0.723. The first-order valence-electron chi connectivity index (χ1n) is 4.33. The van der Waals surface area contributed by atoms with Gasteiger partial charge in [0.15, 0.2) is 5.82 Å². The largest absolute Gasteiger partial charge is 0.394 e. The van der Waals surface area contributed by atoms with Gasteiger partial charge in [0.2, 0.25) is 4.96 Å². The van der Waals surface area contributed by atoms with E-state index in [1.165, 1.54) is 11.3 Å². The lowest BCUT2D eigenvalue weighted by Gasteiger charge is -2.00. The fourth-order valence-corrected chi connectivity index (χ4v) is 1.97. The van der Waals surface area contributed by atoms with Crippen LogP contribution in [0.5, 0.6) is 0 Å². The number of fused-ring (bicyclic) bond motifs is 1. The number of aryl methyl sites for hydroxylation is 1. The van der Waals surface area contributed by atoms with E-state index in [4.69, 9.17) is 10.8 Å². The van der Waals surface area contributed by atoms with E-state index in [2.05, 4.69) is 15.3 Å². The number of hydrogen-bond donors (Lipinski definition) is 2. The van der Waals surface area contributed by atoms with Crippen molar-refractivity contribution in [3.63, 3.8) is 0 Å². The summed E-state index contributed by atoms with van der Waals surface area (Å²) < 4.78 is 1.68. The molecule has 2 aromatic heterocycles. The molecule has 0 bridgehead atoms. The van der Waals surface area contributed by atoms with Crippen molar-refractivity contribution >= 4 is 16.3 Å². The van der Waals surface area contributed by atoms with Gasteiger partial charge >= 0.3 is 0 Å². The zero-order chi connectivity index (χ0) is 10.1. The lowest BCUT2D eigenvalue weighted by Crippen LogP contribution is -2.14. The van der Waals surface area contributed by atoms with Crippen LogP contribution in [0.25, 0.3) is 4.96 Å². The first-order chi connectivity index (χ1) is 6.76. The quantitative estimate of drug-likeness (QED) is 0.733. The number of aromatic nitrogens is 4. The van der Waals surface area contributed by atoms with Crippen LogP contribution >= 0.6 is 11.3 Å². The Hall–Kier alpha value is -1.05. The van der Waals surface area contributed by atoms with Gasteiger partial charge in [0.05, 0.1) is 12.6 Å². The number of nitrogens with zero attached hydrogens (tertiary/aromatic N) is 4. The van der Waals surface area contributed by atoms with E-state index in [1.54, 1.807) is 4.52 Å². The Labute approximate surface area is 84.4 Å². The van der Waals surface area contributed by atoms with Crippen molar-refractivity contribution in [3.05, 3.63) is 10.8 Å². The summed E-state index contributed by atoms with van der Waals surface area (Å²) in [7, 11) is 0. The monoisotopic (exact) mass is 213 g/mol.